The Morgan fingerprint density at radius 1 is 1.24 bits per heavy atom. The Balaban J connectivity index is 1.89. The number of imidazole rings is 1. The van der Waals surface area contributed by atoms with Crippen molar-refractivity contribution in [2.24, 2.45) is 0 Å². The zero-order valence-corrected chi connectivity index (χ0v) is 15.1. The Morgan fingerprint density at radius 3 is 2.60 bits per heavy atom. The van der Waals surface area contributed by atoms with Crippen LogP contribution in [0.4, 0.5) is 0 Å². The Bertz CT molecular complexity index is 728. The van der Waals surface area contributed by atoms with Crippen molar-refractivity contribution in [3.63, 3.8) is 0 Å². The first-order chi connectivity index (χ1) is 12.0. The van der Waals surface area contributed by atoms with Gasteiger partial charge in [0.2, 0.25) is 11.8 Å². The SMILES string of the molecule is CNC(=O)Cn1c(CO)cnc1SCC(=O)NCc1ccc(C)cc1. The highest BCUT2D eigenvalue weighted by atomic mass is 32.2. The minimum Gasteiger partial charge on any atom is -0.390 e. The molecular weight excluding hydrogens is 340 g/mol. The van der Waals surface area contributed by atoms with Gasteiger partial charge in [-0.25, -0.2) is 4.98 Å². The van der Waals surface area contributed by atoms with Crippen molar-refractivity contribution in [3.8, 4) is 0 Å². The zero-order chi connectivity index (χ0) is 18.2. The number of carbonyl (C=O) groups is 2. The number of likely N-dealkylation sites (N-methyl/N-ethyl adjacent to an activating group) is 1. The van der Waals surface area contributed by atoms with Crippen molar-refractivity contribution in [1.82, 2.24) is 20.2 Å². The first kappa shape index (κ1) is 19.0. The first-order valence-electron chi connectivity index (χ1n) is 7.84. The Morgan fingerprint density at radius 2 is 1.96 bits per heavy atom. The van der Waals surface area contributed by atoms with Gasteiger partial charge in [-0.3, -0.25) is 9.59 Å². The standard InChI is InChI=1S/C17H22N4O3S/c1-12-3-5-13(6-4-12)7-19-16(24)11-25-17-20-8-14(10-22)21(17)9-15(23)18-2/h3-6,8,22H,7,9-11H2,1-2H3,(H,18,23)(H,19,24). The number of nitrogens with zero attached hydrogens (tertiary/aromatic N) is 2. The third-order valence-electron chi connectivity index (χ3n) is 3.59. The molecule has 0 radical (unpaired) electrons. The lowest BCUT2D eigenvalue weighted by molar-refractivity contribution is -0.121. The molecule has 1 aromatic heterocycles. The molecule has 0 bridgehead atoms. The summed E-state index contributed by atoms with van der Waals surface area (Å²) in [4.78, 5) is 27.8. The molecule has 0 aliphatic rings. The van der Waals surface area contributed by atoms with Crippen LogP contribution < -0.4 is 10.6 Å². The minimum absolute atomic E-state index is 0.0553. The first-order valence-corrected chi connectivity index (χ1v) is 8.83. The smallest absolute Gasteiger partial charge is 0.239 e. The predicted octanol–water partition coefficient (Wildman–Crippen LogP) is 0.838. The molecule has 2 amide bonds. The van der Waals surface area contributed by atoms with E-state index in [9.17, 15) is 14.7 Å². The number of benzene rings is 1. The van der Waals surface area contributed by atoms with E-state index in [1.165, 1.54) is 23.5 Å². The summed E-state index contributed by atoms with van der Waals surface area (Å²) >= 11 is 1.23. The summed E-state index contributed by atoms with van der Waals surface area (Å²) in [6, 6.07) is 7.96. The van der Waals surface area contributed by atoms with E-state index in [0.29, 0.717) is 17.4 Å². The van der Waals surface area contributed by atoms with E-state index in [-0.39, 0.29) is 30.7 Å². The van der Waals surface area contributed by atoms with Crippen molar-refractivity contribution in [1.29, 1.82) is 0 Å². The predicted molar refractivity (Wildman–Crippen MR) is 96.0 cm³/mol. The van der Waals surface area contributed by atoms with Gasteiger partial charge in [0.15, 0.2) is 5.16 Å². The zero-order valence-electron chi connectivity index (χ0n) is 14.3. The lowest BCUT2D eigenvalue weighted by Gasteiger charge is -2.10. The molecule has 0 unspecified atom stereocenters. The summed E-state index contributed by atoms with van der Waals surface area (Å²) in [7, 11) is 1.54. The van der Waals surface area contributed by atoms with Crippen molar-refractivity contribution >= 4 is 23.6 Å². The second kappa shape index (κ2) is 9.24. The Hall–Kier alpha value is -2.32. The average molecular weight is 362 g/mol. The summed E-state index contributed by atoms with van der Waals surface area (Å²) in [5.41, 5.74) is 2.74. The van der Waals surface area contributed by atoms with Crippen LogP contribution in [-0.2, 0) is 29.3 Å². The molecule has 2 aromatic rings. The van der Waals surface area contributed by atoms with Crippen LogP contribution in [0.25, 0.3) is 0 Å². The van der Waals surface area contributed by atoms with Crippen LogP contribution in [0.5, 0.6) is 0 Å². The monoisotopic (exact) mass is 362 g/mol. The largest absolute Gasteiger partial charge is 0.390 e. The number of carbonyl (C=O) groups excluding carboxylic acids is 2. The summed E-state index contributed by atoms with van der Waals surface area (Å²) < 4.78 is 1.61. The van der Waals surface area contributed by atoms with Crippen LogP contribution in [0.2, 0.25) is 0 Å². The molecule has 3 N–H and O–H groups in total. The van der Waals surface area contributed by atoms with E-state index >= 15 is 0 Å². The van der Waals surface area contributed by atoms with Gasteiger partial charge in [-0.2, -0.15) is 0 Å². The van der Waals surface area contributed by atoms with E-state index in [0.717, 1.165) is 5.56 Å². The quantitative estimate of drug-likeness (QED) is 0.605. The Labute approximate surface area is 150 Å². The number of amides is 2. The van der Waals surface area contributed by atoms with Gasteiger partial charge in [0.05, 0.1) is 24.3 Å². The van der Waals surface area contributed by atoms with E-state index in [2.05, 4.69) is 15.6 Å². The van der Waals surface area contributed by atoms with Crippen molar-refractivity contribution in [2.45, 2.75) is 31.8 Å². The summed E-state index contributed by atoms with van der Waals surface area (Å²) in [6.45, 7) is 2.32. The number of aryl methyl sites for hydroxylation is 1. The number of rotatable bonds is 8. The summed E-state index contributed by atoms with van der Waals surface area (Å²) in [5, 5.41) is 15.3. The van der Waals surface area contributed by atoms with E-state index in [1.807, 2.05) is 31.2 Å². The highest BCUT2D eigenvalue weighted by Crippen LogP contribution is 2.18. The molecular formula is C17H22N4O3S. The number of hydrogen-bond donors (Lipinski definition) is 3. The molecule has 134 valence electrons. The fourth-order valence-corrected chi connectivity index (χ4v) is 2.94. The number of nitrogens with one attached hydrogen (secondary N) is 2. The molecule has 0 fully saturated rings. The van der Waals surface area contributed by atoms with Crippen molar-refractivity contribution in [3.05, 3.63) is 47.3 Å². The van der Waals surface area contributed by atoms with Gasteiger partial charge < -0.3 is 20.3 Å². The van der Waals surface area contributed by atoms with Gasteiger partial charge in [0.25, 0.3) is 0 Å². The number of aliphatic hydroxyl groups excluding tert-OH is 1. The molecule has 0 aliphatic heterocycles. The van der Waals surface area contributed by atoms with Crippen LogP contribution >= 0.6 is 11.8 Å². The van der Waals surface area contributed by atoms with E-state index in [4.69, 9.17) is 0 Å². The third kappa shape index (κ3) is 5.61. The number of aromatic nitrogens is 2. The molecule has 0 spiro atoms. The van der Waals surface area contributed by atoms with Crippen LogP contribution in [0.3, 0.4) is 0 Å². The average Bonchev–Trinajstić information content (AvgIpc) is 3.01. The number of aliphatic hydroxyl groups is 1. The van der Waals surface area contributed by atoms with E-state index < -0.39 is 0 Å². The molecule has 1 aromatic carbocycles. The van der Waals surface area contributed by atoms with E-state index in [1.54, 1.807) is 11.6 Å². The molecule has 0 atom stereocenters. The molecule has 0 aliphatic carbocycles. The van der Waals surface area contributed by atoms with Crippen molar-refractivity contribution < 1.29 is 14.7 Å². The molecule has 8 heteroatoms. The summed E-state index contributed by atoms with van der Waals surface area (Å²) in [6.07, 6.45) is 1.51. The van der Waals surface area contributed by atoms with Gasteiger partial charge in [0, 0.05) is 13.6 Å². The molecule has 0 saturated heterocycles. The minimum atomic E-state index is -0.218. The fraction of sp³-hybridized carbons (Fsp3) is 0.353. The van der Waals surface area contributed by atoms with Crippen LogP contribution in [-0.4, -0.2) is 39.3 Å². The maximum Gasteiger partial charge on any atom is 0.239 e. The molecule has 2 rings (SSSR count). The lowest BCUT2D eigenvalue weighted by atomic mass is 10.1. The summed E-state index contributed by atoms with van der Waals surface area (Å²) in [5.74, 6) is -0.134. The molecule has 25 heavy (non-hydrogen) atoms. The topological polar surface area (TPSA) is 96.2 Å². The maximum atomic E-state index is 12.0. The Kier molecular flexibility index (Phi) is 7.03. The van der Waals surface area contributed by atoms with Gasteiger partial charge in [-0.1, -0.05) is 41.6 Å². The second-order valence-electron chi connectivity index (χ2n) is 5.50. The van der Waals surface area contributed by atoms with Gasteiger partial charge >= 0.3 is 0 Å². The van der Waals surface area contributed by atoms with Crippen LogP contribution in [0.1, 0.15) is 16.8 Å². The number of thioether (sulfide) groups is 1. The molecule has 7 nitrogen and oxygen atoms in total. The lowest BCUT2D eigenvalue weighted by Crippen LogP contribution is -2.26. The third-order valence-corrected chi connectivity index (χ3v) is 4.58. The van der Waals surface area contributed by atoms with Gasteiger partial charge in [-0.05, 0) is 12.5 Å². The maximum absolute atomic E-state index is 12.0. The second-order valence-corrected chi connectivity index (χ2v) is 6.44. The van der Waals surface area contributed by atoms with Gasteiger partial charge in [-0.15, -0.1) is 0 Å². The fourth-order valence-electron chi connectivity index (χ4n) is 2.11. The highest BCUT2D eigenvalue weighted by Gasteiger charge is 2.14. The van der Waals surface area contributed by atoms with Crippen LogP contribution in [0.15, 0.2) is 35.6 Å². The molecule has 1 heterocycles. The highest BCUT2D eigenvalue weighted by molar-refractivity contribution is 7.99. The number of hydrogen-bond acceptors (Lipinski definition) is 5. The van der Waals surface area contributed by atoms with Crippen LogP contribution in [0, 0.1) is 6.92 Å². The normalized spacial score (nSPS) is 10.5. The van der Waals surface area contributed by atoms with Crippen molar-refractivity contribution in [2.75, 3.05) is 12.8 Å². The van der Waals surface area contributed by atoms with Gasteiger partial charge in [0.1, 0.15) is 6.54 Å². The molecule has 0 saturated carbocycles.